The lowest BCUT2D eigenvalue weighted by atomic mass is 9.86. The highest BCUT2D eigenvalue weighted by Gasteiger charge is 2.43. The van der Waals surface area contributed by atoms with Crippen LogP contribution in [0.15, 0.2) is 0 Å². The van der Waals surface area contributed by atoms with Crippen molar-refractivity contribution < 1.29 is 28.2 Å². The Kier molecular flexibility index (Phi) is 5.49. The maximum atomic E-state index is 12.3. The first-order chi connectivity index (χ1) is 9.25. The first-order valence-corrected chi connectivity index (χ1v) is 7.86. The largest absolute Gasteiger partial charge is 0.481 e. The smallest absolute Gasteiger partial charge is 0.308 e. The second-order valence-electron chi connectivity index (χ2n) is 4.63. The molecule has 1 aliphatic rings. The van der Waals surface area contributed by atoms with Crippen LogP contribution in [0, 0.1) is 11.8 Å². The highest BCUT2D eigenvalue weighted by Crippen LogP contribution is 2.27. The van der Waals surface area contributed by atoms with Gasteiger partial charge in [0.05, 0.1) is 11.8 Å². The molecule has 0 aromatic heterocycles. The van der Waals surface area contributed by atoms with Gasteiger partial charge >= 0.3 is 11.9 Å². The average molecular weight is 308 g/mol. The predicted octanol–water partition coefficient (Wildman–Crippen LogP) is -0.320. The molecule has 0 bridgehead atoms. The van der Waals surface area contributed by atoms with Gasteiger partial charge in [-0.1, -0.05) is 13.8 Å². The minimum atomic E-state index is -3.73. The number of carboxylic acid groups (broad SMARTS) is 2. The molecule has 2 unspecified atom stereocenters. The Hall–Kier alpha value is -1.19. The van der Waals surface area contributed by atoms with Crippen molar-refractivity contribution in [1.29, 1.82) is 0 Å². The lowest BCUT2D eigenvalue weighted by Crippen LogP contribution is -2.52. The van der Waals surface area contributed by atoms with Gasteiger partial charge in [-0.25, -0.2) is 0 Å². The molecule has 0 spiro atoms. The third-order valence-electron chi connectivity index (χ3n) is 3.57. The van der Waals surface area contributed by atoms with E-state index in [1.54, 1.807) is 13.8 Å². The van der Waals surface area contributed by atoms with Gasteiger partial charge in [-0.05, 0) is 6.42 Å². The predicted molar refractivity (Wildman–Crippen MR) is 70.3 cm³/mol. The molecule has 1 saturated heterocycles. The van der Waals surface area contributed by atoms with E-state index < -0.39 is 34.0 Å². The van der Waals surface area contributed by atoms with E-state index in [2.05, 4.69) is 0 Å². The monoisotopic (exact) mass is 308 g/mol. The molecule has 0 aliphatic carbocycles. The van der Waals surface area contributed by atoms with E-state index in [0.717, 1.165) is 4.31 Å². The number of aliphatic carboxylic acids is 2. The van der Waals surface area contributed by atoms with Crippen LogP contribution in [0.4, 0.5) is 0 Å². The normalized spacial score (nSPS) is 24.8. The summed E-state index contributed by atoms with van der Waals surface area (Å²) in [5.74, 6) is -4.74. The Morgan fingerprint density at radius 1 is 1.15 bits per heavy atom. The van der Waals surface area contributed by atoms with E-state index in [0.29, 0.717) is 0 Å². The molecule has 2 atom stereocenters. The summed E-state index contributed by atoms with van der Waals surface area (Å²) in [6.07, 6.45) is 0.00674. The molecule has 0 aromatic rings. The summed E-state index contributed by atoms with van der Waals surface area (Å²) in [5.41, 5.74) is 0. The van der Waals surface area contributed by atoms with Crippen molar-refractivity contribution in [2.45, 2.75) is 20.3 Å². The van der Waals surface area contributed by atoms with E-state index in [1.165, 1.54) is 4.31 Å². The number of hydrogen-bond donors (Lipinski definition) is 2. The molecular formula is C11H20N2O6S. The van der Waals surface area contributed by atoms with Crippen LogP contribution in [0.5, 0.6) is 0 Å². The van der Waals surface area contributed by atoms with Crippen LogP contribution in [0.25, 0.3) is 0 Å². The SMILES string of the molecule is CCN(CC)S(=O)(=O)N1CCC(C(=O)O)C(C(=O)O)C1. The molecule has 20 heavy (non-hydrogen) atoms. The number of rotatable bonds is 6. The van der Waals surface area contributed by atoms with Crippen LogP contribution in [0.1, 0.15) is 20.3 Å². The van der Waals surface area contributed by atoms with Crippen molar-refractivity contribution in [3.63, 3.8) is 0 Å². The lowest BCUT2D eigenvalue weighted by molar-refractivity contribution is -0.156. The zero-order chi connectivity index (χ0) is 15.5. The summed E-state index contributed by atoms with van der Waals surface area (Å²) < 4.78 is 26.9. The molecule has 2 N–H and O–H groups in total. The lowest BCUT2D eigenvalue weighted by Gasteiger charge is -2.36. The molecule has 8 nitrogen and oxygen atoms in total. The number of hydrogen-bond acceptors (Lipinski definition) is 4. The summed E-state index contributed by atoms with van der Waals surface area (Å²) in [6.45, 7) is 3.69. The first kappa shape index (κ1) is 16.9. The maximum Gasteiger partial charge on any atom is 0.308 e. The highest BCUT2D eigenvalue weighted by atomic mass is 32.2. The quantitative estimate of drug-likeness (QED) is 0.695. The molecule has 0 aromatic carbocycles. The van der Waals surface area contributed by atoms with Crippen LogP contribution in [0.3, 0.4) is 0 Å². The number of nitrogens with zero attached hydrogens (tertiary/aromatic N) is 2. The van der Waals surface area contributed by atoms with Gasteiger partial charge in [0.2, 0.25) is 0 Å². The van der Waals surface area contributed by atoms with Crippen LogP contribution < -0.4 is 0 Å². The van der Waals surface area contributed by atoms with E-state index in [-0.39, 0.29) is 32.6 Å². The van der Waals surface area contributed by atoms with Crippen molar-refractivity contribution in [3.8, 4) is 0 Å². The van der Waals surface area contributed by atoms with E-state index >= 15 is 0 Å². The zero-order valence-electron chi connectivity index (χ0n) is 11.5. The van der Waals surface area contributed by atoms with E-state index in [9.17, 15) is 18.0 Å². The molecule has 1 aliphatic heterocycles. The molecule has 1 rings (SSSR count). The van der Waals surface area contributed by atoms with Crippen molar-refractivity contribution in [2.24, 2.45) is 11.8 Å². The third kappa shape index (κ3) is 3.28. The van der Waals surface area contributed by atoms with E-state index in [4.69, 9.17) is 10.2 Å². The molecule has 0 amide bonds. The maximum absolute atomic E-state index is 12.3. The van der Waals surface area contributed by atoms with Gasteiger partial charge in [0.15, 0.2) is 0 Å². The van der Waals surface area contributed by atoms with Crippen LogP contribution in [-0.4, -0.2) is 65.4 Å². The van der Waals surface area contributed by atoms with Gasteiger partial charge in [-0.15, -0.1) is 0 Å². The van der Waals surface area contributed by atoms with Gasteiger partial charge in [-0.3, -0.25) is 9.59 Å². The summed E-state index contributed by atoms with van der Waals surface area (Å²) >= 11 is 0. The third-order valence-corrected chi connectivity index (χ3v) is 5.72. The highest BCUT2D eigenvalue weighted by molar-refractivity contribution is 7.86. The molecule has 0 saturated carbocycles. The van der Waals surface area contributed by atoms with Crippen molar-refractivity contribution >= 4 is 22.1 Å². The van der Waals surface area contributed by atoms with Crippen LogP contribution >= 0.6 is 0 Å². The Labute approximate surface area is 118 Å². The fourth-order valence-corrected chi connectivity index (χ4v) is 4.05. The molecule has 116 valence electrons. The Bertz CT molecular complexity index is 473. The fraction of sp³-hybridized carbons (Fsp3) is 0.818. The minimum absolute atomic E-state index is 0.00674. The number of carboxylic acids is 2. The summed E-state index contributed by atoms with van der Waals surface area (Å²) in [4.78, 5) is 22.2. The van der Waals surface area contributed by atoms with Gasteiger partial charge in [-0.2, -0.15) is 17.0 Å². The Morgan fingerprint density at radius 2 is 1.65 bits per heavy atom. The Morgan fingerprint density at radius 3 is 2.05 bits per heavy atom. The average Bonchev–Trinajstić information content (AvgIpc) is 2.38. The van der Waals surface area contributed by atoms with Crippen molar-refractivity contribution in [3.05, 3.63) is 0 Å². The number of carbonyl (C=O) groups is 2. The van der Waals surface area contributed by atoms with Crippen LogP contribution in [0.2, 0.25) is 0 Å². The van der Waals surface area contributed by atoms with Crippen molar-refractivity contribution in [2.75, 3.05) is 26.2 Å². The Balaban J connectivity index is 2.97. The number of piperidine rings is 1. The van der Waals surface area contributed by atoms with Crippen molar-refractivity contribution in [1.82, 2.24) is 8.61 Å². The van der Waals surface area contributed by atoms with Gasteiger partial charge in [0.25, 0.3) is 10.2 Å². The minimum Gasteiger partial charge on any atom is -0.481 e. The molecule has 0 radical (unpaired) electrons. The zero-order valence-corrected chi connectivity index (χ0v) is 12.3. The second-order valence-corrected chi connectivity index (χ2v) is 6.56. The molecule has 1 fully saturated rings. The summed E-state index contributed by atoms with van der Waals surface area (Å²) in [7, 11) is -3.73. The standard InChI is InChI=1S/C11H20N2O6S/c1-3-12(4-2)20(18,19)13-6-5-8(10(14)15)9(7-13)11(16)17/h8-9H,3-7H2,1-2H3,(H,14,15)(H,16,17). The second kappa shape index (κ2) is 6.51. The van der Waals surface area contributed by atoms with Gasteiger partial charge in [0, 0.05) is 26.2 Å². The summed E-state index contributed by atoms with van der Waals surface area (Å²) in [5, 5.41) is 18.1. The van der Waals surface area contributed by atoms with Gasteiger partial charge < -0.3 is 10.2 Å². The topological polar surface area (TPSA) is 115 Å². The van der Waals surface area contributed by atoms with E-state index in [1.807, 2.05) is 0 Å². The van der Waals surface area contributed by atoms with Crippen LogP contribution in [-0.2, 0) is 19.8 Å². The fourth-order valence-electron chi connectivity index (χ4n) is 2.39. The summed E-state index contributed by atoms with van der Waals surface area (Å²) in [6, 6.07) is 0. The van der Waals surface area contributed by atoms with Gasteiger partial charge in [0.1, 0.15) is 0 Å². The molecular weight excluding hydrogens is 288 g/mol. The molecule has 9 heteroatoms. The first-order valence-electron chi connectivity index (χ1n) is 6.46. The molecule has 1 heterocycles.